The van der Waals surface area contributed by atoms with Crippen LogP contribution >= 0.6 is 0 Å². The van der Waals surface area contributed by atoms with Gasteiger partial charge in [-0.25, -0.2) is 9.67 Å². The summed E-state index contributed by atoms with van der Waals surface area (Å²) >= 11 is 0. The largest absolute Gasteiger partial charge is 0.464 e. The molecule has 9 nitrogen and oxygen atoms in total. The van der Waals surface area contributed by atoms with Crippen LogP contribution in [0.5, 0.6) is 11.8 Å². The summed E-state index contributed by atoms with van der Waals surface area (Å²) in [5.41, 5.74) is 2.90. The van der Waals surface area contributed by atoms with Crippen molar-refractivity contribution in [1.29, 1.82) is 0 Å². The standard InChI is InChI=1S/C23H18F2N6O3/c1-3-33-23-26-12-14-10-17(13-4-9-18-19(11-13)30(2)29-28-18)21(32)31(20(14)27-23)15-5-7-16(8-6-15)34-22(24)25/h4-12,22H,3H2,1-2H3. The fourth-order valence-electron chi connectivity index (χ4n) is 3.70. The van der Waals surface area contributed by atoms with Crippen molar-refractivity contribution in [2.24, 2.45) is 7.05 Å². The van der Waals surface area contributed by atoms with Crippen molar-refractivity contribution in [3.05, 3.63) is 65.1 Å². The quantitative estimate of drug-likeness (QED) is 0.378. The Morgan fingerprint density at radius 2 is 1.88 bits per heavy atom. The Kier molecular flexibility index (Phi) is 5.36. The molecule has 0 aliphatic carbocycles. The van der Waals surface area contributed by atoms with Crippen molar-refractivity contribution in [3.63, 3.8) is 0 Å². The average Bonchev–Trinajstić information content (AvgIpc) is 3.19. The third kappa shape index (κ3) is 3.81. The van der Waals surface area contributed by atoms with Gasteiger partial charge in [0.1, 0.15) is 11.3 Å². The van der Waals surface area contributed by atoms with E-state index >= 15 is 0 Å². The van der Waals surface area contributed by atoms with Crippen LogP contribution in [0.2, 0.25) is 0 Å². The number of nitrogens with zero attached hydrogens (tertiary/aromatic N) is 6. The summed E-state index contributed by atoms with van der Waals surface area (Å²) in [5, 5.41) is 8.68. The maximum Gasteiger partial charge on any atom is 0.387 e. The first kappa shape index (κ1) is 21.4. The van der Waals surface area contributed by atoms with Crippen LogP contribution in [0, 0.1) is 0 Å². The SMILES string of the molecule is CCOc1ncc2cc(-c3ccc4nnn(C)c4c3)c(=O)n(-c3ccc(OC(F)F)cc3)c2n1. The van der Waals surface area contributed by atoms with E-state index in [0.29, 0.717) is 40.0 Å². The molecular weight excluding hydrogens is 446 g/mol. The summed E-state index contributed by atoms with van der Waals surface area (Å²) in [6, 6.07) is 13.0. The van der Waals surface area contributed by atoms with E-state index in [-0.39, 0.29) is 17.3 Å². The molecule has 34 heavy (non-hydrogen) atoms. The maximum absolute atomic E-state index is 13.7. The summed E-state index contributed by atoms with van der Waals surface area (Å²) in [6.07, 6.45) is 1.57. The molecular formula is C23H18F2N6O3. The third-order valence-corrected chi connectivity index (χ3v) is 5.23. The van der Waals surface area contributed by atoms with Crippen LogP contribution in [0.1, 0.15) is 6.92 Å². The zero-order valence-corrected chi connectivity index (χ0v) is 18.1. The summed E-state index contributed by atoms with van der Waals surface area (Å²) < 4.78 is 38.0. The van der Waals surface area contributed by atoms with Gasteiger partial charge in [-0.3, -0.25) is 9.36 Å². The number of ether oxygens (including phenoxy) is 2. The zero-order chi connectivity index (χ0) is 23.8. The highest BCUT2D eigenvalue weighted by atomic mass is 19.3. The molecule has 0 aliphatic heterocycles. The lowest BCUT2D eigenvalue weighted by molar-refractivity contribution is -0.0498. The molecule has 11 heteroatoms. The number of benzene rings is 2. The Labute approximate surface area is 191 Å². The van der Waals surface area contributed by atoms with Gasteiger partial charge in [0.15, 0.2) is 5.65 Å². The molecule has 5 rings (SSSR count). The number of halogens is 2. The van der Waals surface area contributed by atoms with Crippen molar-refractivity contribution < 1.29 is 18.3 Å². The number of hydrogen-bond acceptors (Lipinski definition) is 7. The van der Waals surface area contributed by atoms with Crippen LogP contribution in [0.3, 0.4) is 0 Å². The van der Waals surface area contributed by atoms with Gasteiger partial charge in [0, 0.05) is 24.2 Å². The number of alkyl halides is 2. The van der Waals surface area contributed by atoms with E-state index in [0.717, 1.165) is 5.52 Å². The van der Waals surface area contributed by atoms with E-state index in [1.54, 1.807) is 43.0 Å². The Hall–Kier alpha value is -4.41. The first-order chi connectivity index (χ1) is 16.4. The highest BCUT2D eigenvalue weighted by Crippen LogP contribution is 2.26. The van der Waals surface area contributed by atoms with Gasteiger partial charge in [0.2, 0.25) is 0 Å². The second kappa shape index (κ2) is 8.50. The lowest BCUT2D eigenvalue weighted by Gasteiger charge is -2.14. The van der Waals surface area contributed by atoms with Crippen LogP contribution in [-0.4, -0.2) is 42.7 Å². The minimum absolute atomic E-state index is 0.0222. The van der Waals surface area contributed by atoms with Crippen molar-refractivity contribution in [2.75, 3.05) is 6.61 Å². The second-order valence-corrected chi connectivity index (χ2v) is 7.35. The van der Waals surface area contributed by atoms with Gasteiger partial charge in [-0.2, -0.15) is 13.8 Å². The summed E-state index contributed by atoms with van der Waals surface area (Å²) in [5.74, 6) is -0.0222. The minimum atomic E-state index is -2.95. The van der Waals surface area contributed by atoms with Crippen LogP contribution in [0.4, 0.5) is 8.78 Å². The number of fused-ring (bicyclic) bond motifs is 2. The average molecular weight is 464 g/mol. The fourth-order valence-corrected chi connectivity index (χ4v) is 3.70. The monoisotopic (exact) mass is 464 g/mol. The van der Waals surface area contributed by atoms with Crippen LogP contribution in [0.25, 0.3) is 38.9 Å². The molecule has 0 N–H and O–H groups in total. The second-order valence-electron chi connectivity index (χ2n) is 7.35. The molecule has 0 saturated carbocycles. The molecule has 0 bridgehead atoms. The van der Waals surface area contributed by atoms with Crippen LogP contribution < -0.4 is 15.0 Å². The van der Waals surface area contributed by atoms with Crippen molar-refractivity contribution in [1.82, 2.24) is 29.5 Å². The zero-order valence-electron chi connectivity index (χ0n) is 18.1. The molecule has 0 fully saturated rings. The molecule has 0 radical (unpaired) electrons. The lowest BCUT2D eigenvalue weighted by atomic mass is 10.0. The minimum Gasteiger partial charge on any atom is -0.464 e. The maximum atomic E-state index is 13.7. The molecule has 0 amide bonds. The molecule has 0 spiro atoms. The molecule has 0 aliphatic rings. The molecule has 5 aromatic rings. The van der Waals surface area contributed by atoms with E-state index in [4.69, 9.17) is 4.74 Å². The lowest BCUT2D eigenvalue weighted by Crippen LogP contribution is -2.21. The summed E-state index contributed by atoms with van der Waals surface area (Å²) in [6.45, 7) is -0.795. The van der Waals surface area contributed by atoms with E-state index in [1.807, 2.05) is 6.07 Å². The number of hydrogen-bond donors (Lipinski definition) is 0. The predicted molar refractivity (Wildman–Crippen MR) is 120 cm³/mol. The fraction of sp³-hybridized carbons (Fsp3) is 0.174. The third-order valence-electron chi connectivity index (χ3n) is 5.23. The Morgan fingerprint density at radius 3 is 2.62 bits per heavy atom. The van der Waals surface area contributed by atoms with E-state index < -0.39 is 6.61 Å². The van der Waals surface area contributed by atoms with E-state index in [2.05, 4.69) is 25.0 Å². The Bertz CT molecular complexity index is 1560. The Morgan fingerprint density at radius 1 is 1.09 bits per heavy atom. The Balaban J connectivity index is 1.75. The number of pyridine rings is 1. The van der Waals surface area contributed by atoms with Gasteiger partial charge >= 0.3 is 12.6 Å². The van der Waals surface area contributed by atoms with E-state index in [1.165, 1.54) is 28.8 Å². The first-order valence-corrected chi connectivity index (χ1v) is 10.3. The number of aryl methyl sites for hydroxylation is 1. The van der Waals surface area contributed by atoms with Crippen molar-refractivity contribution in [3.8, 4) is 28.6 Å². The van der Waals surface area contributed by atoms with Gasteiger partial charge in [-0.15, -0.1) is 5.10 Å². The molecule has 2 aromatic carbocycles. The smallest absolute Gasteiger partial charge is 0.387 e. The van der Waals surface area contributed by atoms with Crippen LogP contribution in [0.15, 0.2) is 59.5 Å². The van der Waals surface area contributed by atoms with Gasteiger partial charge in [-0.1, -0.05) is 11.3 Å². The van der Waals surface area contributed by atoms with E-state index in [9.17, 15) is 13.6 Å². The van der Waals surface area contributed by atoms with Crippen molar-refractivity contribution in [2.45, 2.75) is 13.5 Å². The molecule has 3 aromatic heterocycles. The summed E-state index contributed by atoms with van der Waals surface area (Å²) in [4.78, 5) is 22.4. The first-order valence-electron chi connectivity index (χ1n) is 10.3. The molecule has 3 heterocycles. The van der Waals surface area contributed by atoms with Gasteiger partial charge in [0.25, 0.3) is 5.56 Å². The number of rotatable bonds is 6. The normalized spacial score (nSPS) is 11.4. The molecule has 0 atom stereocenters. The highest BCUT2D eigenvalue weighted by molar-refractivity contribution is 5.86. The molecule has 0 unspecified atom stereocenters. The number of aromatic nitrogens is 6. The highest BCUT2D eigenvalue weighted by Gasteiger charge is 2.17. The van der Waals surface area contributed by atoms with Crippen LogP contribution in [-0.2, 0) is 7.05 Å². The predicted octanol–water partition coefficient (Wildman–Crippen LogP) is 3.73. The molecule has 172 valence electrons. The van der Waals surface area contributed by atoms with Gasteiger partial charge in [-0.05, 0) is 55.0 Å². The van der Waals surface area contributed by atoms with Gasteiger partial charge in [0.05, 0.1) is 17.8 Å². The topological polar surface area (TPSA) is 97.0 Å². The van der Waals surface area contributed by atoms with Crippen molar-refractivity contribution >= 4 is 22.1 Å². The van der Waals surface area contributed by atoms with Gasteiger partial charge < -0.3 is 9.47 Å². The molecule has 0 saturated heterocycles. The summed E-state index contributed by atoms with van der Waals surface area (Å²) in [7, 11) is 1.77.